The van der Waals surface area contributed by atoms with E-state index in [0.29, 0.717) is 6.54 Å². The molecule has 48 heavy (non-hydrogen) atoms. The molecule has 0 spiro atoms. The zero-order valence-corrected chi connectivity index (χ0v) is 30.3. The summed E-state index contributed by atoms with van der Waals surface area (Å²) in [4.78, 5) is 39.0. The highest BCUT2D eigenvalue weighted by atomic mass is 17.5. The smallest absolute Gasteiger partial charge is 0.448 e. The summed E-state index contributed by atoms with van der Waals surface area (Å²) in [6.07, 6.45) is 38.2. The number of hydroxylamine groups is 1. The molecular formula is C34H73N5O9. The van der Waals surface area contributed by atoms with Crippen molar-refractivity contribution in [1.82, 2.24) is 27.7 Å². The van der Waals surface area contributed by atoms with Crippen molar-refractivity contribution in [3.8, 4) is 0 Å². The second-order valence-electron chi connectivity index (χ2n) is 12.7. The zero-order chi connectivity index (χ0) is 34.7. The van der Waals surface area contributed by atoms with E-state index >= 15 is 0 Å². The average Bonchev–Trinajstić information content (AvgIpc) is 3.08. The van der Waals surface area contributed by atoms with Gasteiger partial charge < -0.3 is 15.3 Å². The van der Waals surface area contributed by atoms with Crippen molar-refractivity contribution < 1.29 is 44.7 Å². The van der Waals surface area contributed by atoms with E-state index in [4.69, 9.17) is 5.11 Å². The summed E-state index contributed by atoms with van der Waals surface area (Å²) in [5, 5.41) is 11.7. The number of hydrogen-bond donors (Lipinski definition) is 6. The molecule has 6 N–H and O–H groups in total. The first-order chi connectivity index (χ1) is 23.8. The molecule has 288 valence electrons. The summed E-state index contributed by atoms with van der Waals surface area (Å²) < 4.78 is 0. The van der Waals surface area contributed by atoms with E-state index in [1.54, 1.807) is 5.64 Å². The molecule has 0 aliphatic carbocycles. The number of rotatable bonds is 43. The van der Waals surface area contributed by atoms with Gasteiger partial charge in [0.25, 0.3) is 0 Å². The highest BCUT2D eigenvalue weighted by molar-refractivity contribution is 5.56. The monoisotopic (exact) mass is 696 g/mol. The van der Waals surface area contributed by atoms with E-state index in [9.17, 15) is 4.79 Å². The Morgan fingerprint density at radius 2 is 0.688 bits per heavy atom. The Morgan fingerprint density at radius 3 is 1.04 bits per heavy atom. The Morgan fingerprint density at radius 1 is 0.396 bits per heavy atom. The average molecular weight is 696 g/mol. The van der Waals surface area contributed by atoms with Crippen LogP contribution in [0.15, 0.2) is 0 Å². The van der Waals surface area contributed by atoms with Crippen LogP contribution in [-0.2, 0) is 34.8 Å². The highest BCUT2D eigenvalue weighted by Crippen LogP contribution is 2.15. The van der Waals surface area contributed by atoms with Crippen molar-refractivity contribution in [2.45, 2.75) is 193 Å². The van der Waals surface area contributed by atoms with Crippen molar-refractivity contribution in [2.24, 2.45) is 0 Å². The minimum Gasteiger partial charge on any atom is -0.448 e. The highest BCUT2D eigenvalue weighted by Gasteiger charge is 1.98. The zero-order valence-electron chi connectivity index (χ0n) is 30.3. The SMILES string of the molecule is CCCCCCCCCCCCCCCCCCCCCCNCCCCCCCCCCCNOONOONOONOC(=O)O. The third-order valence-electron chi connectivity index (χ3n) is 8.32. The molecule has 0 rings (SSSR count). The van der Waals surface area contributed by atoms with Crippen LogP contribution in [0.4, 0.5) is 4.79 Å². The number of hydrogen-bond acceptors (Lipinski definition) is 13. The molecule has 0 heterocycles. The van der Waals surface area contributed by atoms with Gasteiger partial charge in [0, 0.05) is 12.2 Å². The summed E-state index contributed by atoms with van der Waals surface area (Å²) in [5.74, 6) is 0. The van der Waals surface area contributed by atoms with Gasteiger partial charge in [-0.15, -0.1) is 4.99 Å². The molecule has 0 aliphatic rings. The number of carboxylic acid groups (broad SMARTS) is 1. The van der Waals surface area contributed by atoms with Gasteiger partial charge in [-0.1, -0.05) is 199 Å². The molecule has 0 saturated heterocycles. The van der Waals surface area contributed by atoms with Gasteiger partial charge in [-0.05, 0) is 43.6 Å². The maximum atomic E-state index is 9.96. The van der Waals surface area contributed by atoms with Gasteiger partial charge in [-0.2, -0.15) is 5.48 Å². The Hall–Kier alpha value is -1.17. The fourth-order valence-corrected chi connectivity index (χ4v) is 5.55. The summed E-state index contributed by atoms with van der Waals surface area (Å²) in [6.45, 7) is 5.26. The molecule has 0 fully saturated rings. The number of unbranched alkanes of at least 4 members (excludes halogenated alkanes) is 27. The summed E-state index contributed by atoms with van der Waals surface area (Å²) in [5.41, 5.74) is 7.51. The standard InChI is InChI=1S/C34H73N5O9/c1-2-3-4-5-6-7-8-9-10-11-12-13-14-15-16-17-19-22-25-28-31-35-32-29-26-23-20-18-21-24-27-30-33-36-43-45-38-47-48-39-46-44-37-42-34(40)41/h35-39H,2-33H2,1H3,(H,40,41). The van der Waals surface area contributed by atoms with E-state index < -0.39 is 6.16 Å². The molecule has 0 atom stereocenters. The van der Waals surface area contributed by atoms with Crippen LogP contribution in [-0.4, -0.2) is 30.9 Å². The van der Waals surface area contributed by atoms with Crippen molar-refractivity contribution in [3.05, 3.63) is 0 Å². The predicted octanol–water partition coefficient (Wildman–Crippen LogP) is 9.21. The maximum absolute atomic E-state index is 9.96. The lowest BCUT2D eigenvalue weighted by molar-refractivity contribution is -0.569. The minimum atomic E-state index is -1.62. The molecule has 14 nitrogen and oxygen atoms in total. The summed E-state index contributed by atoms with van der Waals surface area (Å²) >= 11 is 0. The van der Waals surface area contributed by atoms with Crippen LogP contribution in [0.2, 0.25) is 0 Å². The second-order valence-corrected chi connectivity index (χ2v) is 12.7. The Balaban J connectivity index is 3.04. The molecule has 0 aromatic carbocycles. The van der Waals surface area contributed by atoms with Crippen molar-refractivity contribution in [1.29, 1.82) is 0 Å². The van der Waals surface area contributed by atoms with Crippen LogP contribution in [0, 0.1) is 0 Å². The third kappa shape index (κ3) is 44.8. The Bertz CT molecular complexity index is 615. The van der Waals surface area contributed by atoms with Crippen LogP contribution in [0.3, 0.4) is 0 Å². The Labute approximate surface area is 291 Å². The van der Waals surface area contributed by atoms with Gasteiger partial charge in [-0.25, -0.2) is 4.79 Å². The lowest BCUT2D eigenvalue weighted by Crippen LogP contribution is -2.28. The van der Waals surface area contributed by atoms with Crippen molar-refractivity contribution >= 4 is 6.16 Å². The largest absolute Gasteiger partial charge is 0.527 e. The summed E-state index contributed by atoms with van der Waals surface area (Å²) in [6, 6.07) is 0. The molecule has 14 heteroatoms. The molecule has 0 unspecified atom stereocenters. The minimum absolute atomic E-state index is 0.625. The lowest BCUT2D eigenvalue weighted by Gasteiger charge is -2.06. The molecule has 0 radical (unpaired) electrons. The van der Waals surface area contributed by atoms with Crippen LogP contribution >= 0.6 is 0 Å². The van der Waals surface area contributed by atoms with Crippen LogP contribution in [0.25, 0.3) is 0 Å². The molecule has 0 aliphatic heterocycles. The number of nitrogens with one attached hydrogen (secondary N) is 5. The van der Waals surface area contributed by atoms with Gasteiger partial charge in [0.05, 0.1) is 0 Å². The fraction of sp³-hybridized carbons (Fsp3) is 0.971. The van der Waals surface area contributed by atoms with E-state index in [0.717, 1.165) is 19.4 Å². The van der Waals surface area contributed by atoms with Gasteiger partial charge >= 0.3 is 6.16 Å². The van der Waals surface area contributed by atoms with E-state index in [1.165, 1.54) is 186 Å². The van der Waals surface area contributed by atoms with E-state index in [2.05, 4.69) is 52.5 Å². The summed E-state index contributed by atoms with van der Waals surface area (Å²) in [7, 11) is 0. The lowest BCUT2D eigenvalue weighted by atomic mass is 10.0. The third-order valence-corrected chi connectivity index (χ3v) is 8.32. The van der Waals surface area contributed by atoms with Gasteiger partial charge in [0.1, 0.15) is 0 Å². The first-order valence-electron chi connectivity index (χ1n) is 19.3. The first kappa shape index (κ1) is 46.8. The van der Waals surface area contributed by atoms with E-state index in [1.807, 2.05) is 5.64 Å². The van der Waals surface area contributed by atoms with Gasteiger partial charge in [0.2, 0.25) is 0 Å². The topological polar surface area (TPSA) is 162 Å². The molecular weight excluding hydrogens is 622 g/mol. The van der Waals surface area contributed by atoms with Crippen molar-refractivity contribution in [2.75, 3.05) is 19.6 Å². The van der Waals surface area contributed by atoms with Gasteiger partial charge in [0.15, 0.2) is 0 Å². The van der Waals surface area contributed by atoms with Gasteiger partial charge in [-0.3, -0.25) is 0 Å². The number of carbonyl (C=O) groups is 1. The maximum Gasteiger partial charge on any atom is 0.527 e. The quantitative estimate of drug-likeness (QED) is 0.0203. The second kappa shape index (κ2) is 43.9. The van der Waals surface area contributed by atoms with E-state index in [-0.39, 0.29) is 0 Å². The fourth-order valence-electron chi connectivity index (χ4n) is 5.55. The normalized spacial score (nSPS) is 11.4. The molecule has 0 bridgehead atoms. The van der Waals surface area contributed by atoms with Crippen LogP contribution in [0.1, 0.15) is 193 Å². The molecule has 0 amide bonds. The molecule has 0 aromatic heterocycles. The molecule has 0 aromatic rings. The molecule has 0 saturated carbocycles. The Kier molecular flexibility index (Phi) is 42.8. The van der Waals surface area contributed by atoms with Crippen LogP contribution in [0.5, 0.6) is 0 Å². The first-order valence-corrected chi connectivity index (χ1v) is 19.3. The van der Waals surface area contributed by atoms with Crippen molar-refractivity contribution in [3.63, 3.8) is 0 Å². The van der Waals surface area contributed by atoms with Crippen LogP contribution < -0.4 is 27.7 Å². The predicted molar refractivity (Wildman–Crippen MR) is 185 cm³/mol.